The van der Waals surface area contributed by atoms with E-state index in [-0.39, 0.29) is 5.84 Å². The van der Waals surface area contributed by atoms with Gasteiger partial charge in [0.1, 0.15) is 0 Å². The summed E-state index contributed by atoms with van der Waals surface area (Å²) in [6.45, 7) is 4.11. The second kappa shape index (κ2) is 7.11. The Morgan fingerprint density at radius 3 is 2.95 bits per heavy atom. The van der Waals surface area contributed by atoms with Gasteiger partial charge in [0.05, 0.1) is 0 Å². The van der Waals surface area contributed by atoms with Gasteiger partial charge < -0.3 is 21.2 Å². The normalized spacial score (nSPS) is 24.2. The molecule has 1 aromatic rings. The lowest BCUT2D eigenvalue weighted by molar-refractivity contribution is 0.168. The maximum absolute atomic E-state index is 8.67. The molecule has 6 heteroatoms. The number of amidine groups is 1. The molecule has 0 amide bonds. The lowest BCUT2D eigenvalue weighted by atomic mass is 9.98. The number of halogens is 1. The summed E-state index contributed by atoms with van der Waals surface area (Å²) < 4.78 is 0. The molecule has 4 N–H and O–H groups in total. The van der Waals surface area contributed by atoms with E-state index < -0.39 is 0 Å². The molecule has 0 bridgehead atoms. The topological polar surface area (TPSA) is 73.9 Å². The first-order valence-corrected chi connectivity index (χ1v) is 7.59. The minimum Gasteiger partial charge on any atom is -0.409 e. The maximum Gasteiger partial charge on any atom is 0.170 e. The van der Waals surface area contributed by atoms with E-state index in [1.165, 1.54) is 0 Å². The number of oxime groups is 1. The summed E-state index contributed by atoms with van der Waals surface area (Å²) >= 11 is 6.26. The molecule has 1 aliphatic rings. The molecule has 1 heterocycles. The Bertz CT molecular complexity index is 520. The van der Waals surface area contributed by atoms with Crippen LogP contribution >= 0.6 is 11.6 Å². The third-order valence-electron chi connectivity index (χ3n) is 4.25. The van der Waals surface area contributed by atoms with Gasteiger partial charge in [0.25, 0.3) is 0 Å². The van der Waals surface area contributed by atoms with Crippen LogP contribution in [0.4, 0.5) is 0 Å². The molecule has 0 aromatic heterocycles. The van der Waals surface area contributed by atoms with E-state index in [4.69, 9.17) is 22.5 Å². The third-order valence-corrected chi connectivity index (χ3v) is 4.60. The Hall–Kier alpha value is -1.30. The van der Waals surface area contributed by atoms with E-state index in [1.54, 1.807) is 6.07 Å². The molecule has 2 atom stereocenters. The predicted octanol–water partition coefficient (Wildman–Crippen LogP) is 2.01. The minimum absolute atomic E-state index is 0.0700. The molecule has 21 heavy (non-hydrogen) atoms. The molecule has 0 aliphatic carbocycles. The molecule has 0 saturated carbocycles. The Labute approximate surface area is 130 Å². The average molecular weight is 311 g/mol. The zero-order valence-corrected chi connectivity index (χ0v) is 13.3. The Kier molecular flexibility index (Phi) is 5.45. The van der Waals surface area contributed by atoms with Gasteiger partial charge in [-0.25, -0.2) is 0 Å². The van der Waals surface area contributed by atoms with Crippen molar-refractivity contribution >= 4 is 17.4 Å². The number of likely N-dealkylation sites (tertiary alicyclic amines) is 1. The fraction of sp³-hybridized carbons (Fsp3) is 0.533. The highest BCUT2D eigenvalue weighted by atomic mass is 35.5. The Morgan fingerprint density at radius 2 is 2.33 bits per heavy atom. The van der Waals surface area contributed by atoms with Crippen molar-refractivity contribution < 1.29 is 5.21 Å². The number of piperidine rings is 1. The SMILES string of the molecule is CC1CC(NCc2ccc(/C(N)=N/O)cc2Cl)CCN1C. The van der Waals surface area contributed by atoms with E-state index >= 15 is 0 Å². The first kappa shape index (κ1) is 16.1. The highest BCUT2D eigenvalue weighted by Crippen LogP contribution is 2.20. The lowest BCUT2D eigenvalue weighted by Crippen LogP contribution is -2.45. The van der Waals surface area contributed by atoms with Crippen molar-refractivity contribution in [2.45, 2.75) is 38.4 Å². The summed E-state index contributed by atoms with van der Waals surface area (Å²) in [6, 6.07) is 6.59. The standard InChI is InChI=1S/C15H23ClN4O/c1-10-7-13(5-6-20(10)2)18-9-12-4-3-11(8-14(12)16)15(17)19-21/h3-4,8,10,13,18,21H,5-7,9H2,1-2H3,(H2,17,19). The quantitative estimate of drug-likeness (QED) is 0.344. The molecular weight excluding hydrogens is 288 g/mol. The van der Waals surface area contributed by atoms with E-state index in [2.05, 4.69) is 29.3 Å². The van der Waals surface area contributed by atoms with Crippen LogP contribution in [0.15, 0.2) is 23.4 Å². The first-order valence-electron chi connectivity index (χ1n) is 7.21. The van der Waals surface area contributed by atoms with E-state index in [0.29, 0.717) is 22.7 Å². The van der Waals surface area contributed by atoms with Crippen LogP contribution in [0, 0.1) is 0 Å². The molecular formula is C15H23ClN4O. The number of hydrogen-bond acceptors (Lipinski definition) is 4. The van der Waals surface area contributed by atoms with Crippen LogP contribution in [0.5, 0.6) is 0 Å². The van der Waals surface area contributed by atoms with Crippen LogP contribution in [0.2, 0.25) is 5.02 Å². The zero-order chi connectivity index (χ0) is 15.4. The van der Waals surface area contributed by atoms with Crippen molar-refractivity contribution in [3.8, 4) is 0 Å². The summed E-state index contributed by atoms with van der Waals surface area (Å²) in [7, 11) is 2.17. The molecule has 0 radical (unpaired) electrons. The highest BCUT2D eigenvalue weighted by Gasteiger charge is 2.22. The number of benzene rings is 1. The molecule has 116 valence electrons. The molecule has 1 aliphatic heterocycles. The van der Waals surface area contributed by atoms with E-state index in [1.807, 2.05) is 12.1 Å². The average Bonchev–Trinajstić information content (AvgIpc) is 2.48. The van der Waals surface area contributed by atoms with E-state index in [9.17, 15) is 0 Å². The largest absolute Gasteiger partial charge is 0.409 e. The van der Waals surface area contributed by atoms with Crippen LogP contribution in [-0.4, -0.2) is 41.6 Å². The summed E-state index contributed by atoms with van der Waals surface area (Å²) in [4.78, 5) is 2.39. The summed E-state index contributed by atoms with van der Waals surface area (Å²) in [5.74, 6) is 0.0700. The van der Waals surface area contributed by atoms with Crippen molar-refractivity contribution in [2.75, 3.05) is 13.6 Å². The lowest BCUT2D eigenvalue weighted by Gasteiger charge is -2.35. The van der Waals surface area contributed by atoms with Gasteiger partial charge in [-0.15, -0.1) is 0 Å². The number of nitrogens with one attached hydrogen (secondary N) is 1. The van der Waals surface area contributed by atoms with Crippen LogP contribution in [0.25, 0.3) is 0 Å². The first-order chi connectivity index (χ1) is 10.0. The van der Waals surface area contributed by atoms with Crippen molar-refractivity contribution in [1.29, 1.82) is 0 Å². The molecule has 5 nitrogen and oxygen atoms in total. The molecule has 1 saturated heterocycles. The van der Waals surface area contributed by atoms with Gasteiger partial charge in [0, 0.05) is 29.2 Å². The molecule has 2 unspecified atom stereocenters. The second-order valence-corrected chi connectivity index (χ2v) is 6.13. The van der Waals surface area contributed by atoms with Crippen molar-refractivity contribution in [3.63, 3.8) is 0 Å². The van der Waals surface area contributed by atoms with Gasteiger partial charge in [-0.1, -0.05) is 28.9 Å². The minimum atomic E-state index is 0.0700. The van der Waals surface area contributed by atoms with Crippen LogP contribution in [0.1, 0.15) is 30.9 Å². The van der Waals surface area contributed by atoms with Crippen molar-refractivity contribution in [3.05, 3.63) is 34.3 Å². The molecule has 0 spiro atoms. The smallest absolute Gasteiger partial charge is 0.170 e. The van der Waals surface area contributed by atoms with Crippen LogP contribution < -0.4 is 11.1 Å². The van der Waals surface area contributed by atoms with Crippen molar-refractivity contribution in [2.24, 2.45) is 10.9 Å². The van der Waals surface area contributed by atoms with Gasteiger partial charge in [0.15, 0.2) is 5.84 Å². The van der Waals surface area contributed by atoms with Gasteiger partial charge in [0.2, 0.25) is 0 Å². The Balaban J connectivity index is 1.95. The maximum atomic E-state index is 8.67. The van der Waals surface area contributed by atoms with Crippen LogP contribution in [-0.2, 0) is 6.54 Å². The second-order valence-electron chi connectivity index (χ2n) is 5.72. The number of hydrogen-bond donors (Lipinski definition) is 3. The molecule has 2 rings (SSSR count). The van der Waals surface area contributed by atoms with Gasteiger partial charge in [-0.3, -0.25) is 0 Å². The van der Waals surface area contributed by atoms with Gasteiger partial charge >= 0.3 is 0 Å². The van der Waals surface area contributed by atoms with Crippen molar-refractivity contribution in [1.82, 2.24) is 10.2 Å². The third kappa shape index (κ3) is 4.09. The summed E-state index contributed by atoms with van der Waals surface area (Å²) in [6.07, 6.45) is 2.30. The molecule has 1 fully saturated rings. The number of rotatable bonds is 4. The number of nitrogens with two attached hydrogens (primary N) is 1. The highest BCUT2D eigenvalue weighted by molar-refractivity contribution is 6.31. The van der Waals surface area contributed by atoms with Gasteiger partial charge in [-0.05, 0) is 45.0 Å². The summed E-state index contributed by atoms with van der Waals surface area (Å²) in [5.41, 5.74) is 7.20. The fourth-order valence-electron chi connectivity index (χ4n) is 2.64. The van der Waals surface area contributed by atoms with E-state index in [0.717, 1.165) is 31.5 Å². The predicted molar refractivity (Wildman–Crippen MR) is 85.9 cm³/mol. The number of nitrogens with zero attached hydrogens (tertiary/aromatic N) is 2. The molecule has 1 aromatic carbocycles. The van der Waals surface area contributed by atoms with Gasteiger partial charge in [-0.2, -0.15) is 0 Å². The summed E-state index contributed by atoms with van der Waals surface area (Å²) in [5, 5.41) is 15.9. The monoisotopic (exact) mass is 310 g/mol. The fourth-order valence-corrected chi connectivity index (χ4v) is 2.88. The zero-order valence-electron chi connectivity index (χ0n) is 12.5. The Morgan fingerprint density at radius 1 is 1.57 bits per heavy atom. The van der Waals surface area contributed by atoms with Crippen LogP contribution in [0.3, 0.4) is 0 Å².